The monoisotopic (exact) mass is 858 g/mol. The van der Waals surface area contributed by atoms with Crippen LogP contribution in [-0.4, -0.2) is 65.7 Å². The fourth-order valence-corrected chi connectivity index (χ4v) is 7.24. The number of carboxylic acid groups (broad SMARTS) is 1. The molecule has 0 bridgehead atoms. The molecule has 0 saturated carbocycles. The van der Waals surface area contributed by atoms with Crippen molar-refractivity contribution in [2.45, 2.75) is 225 Å². The minimum atomic E-state index is -4.75. The van der Waals surface area contributed by atoms with Crippen LogP contribution in [0.15, 0.2) is 24.3 Å². The molecule has 0 aliphatic carbocycles. The van der Waals surface area contributed by atoms with Crippen LogP contribution in [0.3, 0.4) is 0 Å². The molecule has 1 unspecified atom stereocenters. The number of phosphoric ester groups is 1. The van der Waals surface area contributed by atoms with Gasteiger partial charge in [0.05, 0.1) is 13.2 Å². The number of carboxylic acids is 1. The highest BCUT2D eigenvalue weighted by molar-refractivity contribution is 7.47. The predicted octanol–water partition coefficient (Wildman–Crippen LogP) is 11.8. The van der Waals surface area contributed by atoms with Crippen molar-refractivity contribution in [1.29, 1.82) is 0 Å². The van der Waals surface area contributed by atoms with Crippen LogP contribution in [0.4, 0.5) is 0 Å². The maximum Gasteiger partial charge on any atom is 0.472 e. The summed E-state index contributed by atoms with van der Waals surface area (Å²) >= 11 is 0. The third-order valence-electron chi connectivity index (χ3n) is 10.2. The van der Waals surface area contributed by atoms with Crippen molar-refractivity contribution in [3.8, 4) is 0 Å². The fourth-order valence-electron chi connectivity index (χ4n) is 6.46. The van der Waals surface area contributed by atoms with Gasteiger partial charge in [-0.15, -0.1) is 0 Å². The average molecular weight is 858 g/mol. The van der Waals surface area contributed by atoms with Crippen LogP contribution in [0.25, 0.3) is 0 Å². The van der Waals surface area contributed by atoms with Crippen molar-refractivity contribution < 1.29 is 52.3 Å². The lowest BCUT2D eigenvalue weighted by Gasteiger charge is -2.20. The molecule has 0 aromatic rings. The molecule has 3 atom stereocenters. The molecule has 0 saturated heterocycles. The lowest BCUT2D eigenvalue weighted by Crippen LogP contribution is -2.34. The van der Waals surface area contributed by atoms with E-state index in [1.54, 1.807) is 12.2 Å². The Balaban J connectivity index is 4.35. The lowest BCUT2D eigenvalue weighted by molar-refractivity contribution is -0.161. The van der Waals surface area contributed by atoms with Gasteiger partial charge in [0.25, 0.3) is 0 Å². The molecule has 13 heteroatoms. The second-order valence-electron chi connectivity index (χ2n) is 15.9. The van der Waals surface area contributed by atoms with Gasteiger partial charge in [-0.3, -0.25) is 28.2 Å². The zero-order valence-electron chi connectivity index (χ0n) is 37.1. The summed E-state index contributed by atoms with van der Waals surface area (Å²) in [5.74, 6) is -2.38. The number of hydrogen-bond acceptors (Lipinski definition) is 10. The molecule has 59 heavy (non-hydrogen) atoms. The van der Waals surface area contributed by atoms with E-state index < -0.39 is 51.1 Å². The molecule has 0 aromatic heterocycles. The van der Waals surface area contributed by atoms with Gasteiger partial charge in [-0.25, -0.2) is 4.57 Å². The Kier molecular flexibility index (Phi) is 39.4. The van der Waals surface area contributed by atoms with Crippen molar-refractivity contribution in [2.75, 3.05) is 19.8 Å². The highest BCUT2D eigenvalue weighted by Crippen LogP contribution is 2.43. The van der Waals surface area contributed by atoms with Crippen LogP contribution in [0.2, 0.25) is 0 Å². The van der Waals surface area contributed by atoms with Crippen molar-refractivity contribution in [1.82, 2.24) is 0 Å². The first-order valence-electron chi connectivity index (χ1n) is 23.3. The molecule has 0 aliphatic heterocycles. The van der Waals surface area contributed by atoms with Crippen LogP contribution >= 0.6 is 7.82 Å². The van der Waals surface area contributed by atoms with Gasteiger partial charge >= 0.3 is 25.7 Å². The van der Waals surface area contributed by atoms with E-state index in [0.29, 0.717) is 19.3 Å². The number of ether oxygens (including phenoxy) is 2. The quantitative estimate of drug-likeness (QED) is 0.0173. The number of carbonyl (C=O) groups is 4. The van der Waals surface area contributed by atoms with Crippen LogP contribution in [0.1, 0.15) is 213 Å². The SMILES string of the molecule is CCCCC/C=C\C=C\C(=O)CCCCCCCC(=O)O[C@H](COC(=O)CCCCCCCCCCCCCCCCCCCCC)COP(=O)(O)OC[C@H](N)C(=O)O. The minimum Gasteiger partial charge on any atom is -0.480 e. The largest absolute Gasteiger partial charge is 0.480 e. The summed E-state index contributed by atoms with van der Waals surface area (Å²) in [5, 5.41) is 8.89. The van der Waals surface area contributed by atoms with Crippen LogP contribution in [0, 0.1) is 0 Å². The number of unbranched alkanes of at least 4 members (excludes halogenated alkanes) is 25. The van der Waals surface area contributed by atoms with E-state index in [9.17, 15) is 28.6 Å². The smallest absolute Gasteiger partial charge is 0.472 e. The highest BCUT2D eigenvalue weighted by Gasteiger charge is 2.28. The first-order chi connectivity index (χ1) is 28.5. The summed E-state index contributed by atoms with van der Waals surface area (Å²) in [6.45, 7) is 2.66. The number of phosphoric acid groups is 1. The normalized spacial score (nSPS) is 13.8. The number of nitrogens with two attached hydrogens (primary N) is 1. The van der Waals surface area contributed by atoms with E-state index in [1.807, 2.05) is 6.08 Å². The molecule has 0 spiro atoms. The Labute approximate surface area is 357 Å². The average Bonchev–Trinajstić information content (AvgIpc) is 3.21. The van der Waals surface area contributed by atoms with Gasteiger partial charge in [0.2, 0.25) is 0 Å². The van der Waals surface area contributed by atoms with Crippen LogP contribution in [-0.2, 0) is 42.3 Å². The summed E-state index contributed by atoms with van der Waals surface area (Å²) in [6.07, 6.45) is 39.2. The fraction of sp³-hybridized carbons (Fsp3) is 0.826. The van der Waals surface area contributed by atoms with E-state index in [1.165, 1.54) is 109 Å². The van der Waals surface area contributed by atoms with Crippen molar-refractivity contribution in [2.24, 2.45) is 5.73 Å². The zero-order valence-corrected chi connectivity index (χ0v) is 38.0. The zero-order chi connectivity index (χ0) is 43.7. The van der Waals surface area contributed by atoms with Gasteiger partial charge in [0, 0.05) is 19.3 Å². The Hall–Kier alpha value is -2.37. The Bertz CT molecular complexity index is 1160. The lowest BCUT2D eigenvalue weighted by atomic mass is 10.0. The van der Waals surface area contributed by atoms with E-state index in [0.717, 1.165) is 57.8 Å². The Morgan fingerprint density at radius 1 is 0.559 bits per heavy atom. The third kappa shape index (κ3) is 40.8. The van der Waals surface area contributed by atoms with Gasteiger partial charge in [-0.2, -0.15) is 0 Å². The third-order valence-corrected chi connectivity index (χ3v) is 11.1. The van der Waals surface area contributed by atoms with Crippen molar-refractivity contribution in [3.05, 3.63) is 24.3 Å². The van der Waals surface area contributed by atoms with Crippen molar-refractivity contribution >= 4 is 31.5 Å². The number of allylic oxidation sites excluding steroid dienone is 4. The number of carbonyl (C=O) groups excluding carboxylic acids is 3. The van der Waals surface area contributed by atoms with Crippen molar-refractivity contribution in [3.63, 3.8) is 0 Å². The highest BCUT2D eigenvalue weighted by atomic mass is 31.2. The maximum absolute atomic E-state index is 12.6. The molecular weight excluding hydrogens is 773 g/mol. The van der Waals surface area contributed by atoms with Crippen LogP contribution < -0.4 is 5.73 Å². The molecule has 0 aliphatic rings. The summed E-state index contributed by atoms with van der Waals surface area (Å²) in [7, 11) is -4.75. The molecule has 0 amide bonds. The van der Waals surface area contributed by atoms with E-state index in [4.69, 9.17) is 24.8 Å². The predicted molar refractivity (Wildman–Crippen MR) is 236 cm³/mol. The maximum atomic E-state index is 12.6. The van der Waals surface area contributed by atoms with Gasteiger partial charge < -0.3 is 25.2 Å². The molecule has 344 valence electrons. The van der Waals surface area contributed by atoms with E-state index in [2.05, 4.69) is 24.4 Å². The molecule has 0 heterocycles. The van der Waals surface area contributed by atoms with Gasteiger partial charge in [-0.05, 0) is 38.2 Å². The molecule has 0 radical (unpaired) electrons. The Morgan fingerprint density at radius 3 is 1.47 bits per heavy atom. The number of ketones is 1. The first-order valence-corrected chi connectivity index (χ1v) is 24.8. The number of esters is 2. The van der Waals surface area contributed by atoms with E-state index in [-0.39, 0.29) is 25.2 Å². The molecule has 12 nitrogen and oxygen atoms in total. The topological polar surface area (TPSA) is 189 Å². The number of aliphatic carboxylic acids is 1. The molecule has 0 fully saturated rings. The first kappa shape index (κ1) is 56.6. The standard InChI is InChI=1S/C46H84NO11P/c1-3-5-7-9-11-12-13-14-15-16-17-18-19-20-21-22-24-28-32-36-44(49)55-38-42(39-56-59(53,54)57-40-43(47)46(51)52)58-45(50)37-33-29-25-27-31-35-41(48)34-30-26-23-10-8-6-4-2/h23,26,30,34,42-43H,3-22,24-25,27-29,31-33,35-40,47H2,1-2H3,(H,51,52)(H,53,54)/b26-23-,34-30+/t42-,43+/m1/s1. The van der Waals surface area contributed by atoms with Gasteiger partial charge in [0.15, 0.2) is 11.9 Å². The second-order valence-corrected chi connectivity index (χ2v) is 17.4. The summed E-state index contributed by atoms with van der Waals surface area (Å²) in [6, 6.07) is -1.54. The molecule has 0 aromatic carbocycles. The minimum absolute atomic E-state index is 0.0802. The van der Waals surface area contributed by atoms with Crippen LogP contribution in [0.5, 0.6) is 0 Å². The number of rotatable bonds is 44. The second kappa shape index (κ2) is 41.0. The summed E-state index contributed by atoms with van der Waals surface area (Å²) in [5.41, 5.74) is 5.33. The summed E-state index contributed by atoms with van der Waals surface area (Å²) in [4.78, 5) is 58.1. The number of hydrogen-bond donors (Lipinski definition) is 3. The van der Waals surface area contributed by atoms with E-state index >= 15 is 0 Å². The Morgan fingerprint density at radius 2 is 0.983 bits per heavy atom. The molecular formula is C46H84NO11P. The van der Waals surface area contributed by atoms with Gasteiger partial charge in [0.1, 0.15) is 12.6 Å². The summed E-state index contributed by atoms with van der Waals surface area (Å²) < 4.78 is 32.7. The molecule has 0 rings (SSSR count). The molecule has 4 N–H and O–H groups in total. The van der Waals surface area contributed by atoms with Gasteiger partial charge in [-0.1, -0.05) is 180 Å².